The van der Waals surface area contributed by atoms with Crippen LogP contribution in [0.25, 0.3) is 76.5 Å². The molecule has 8 heteroatoms. The number of fused-ring (bicyclic) bond motifs is 8. The van der Waals surface area contributed by atoms with E-state index in [1.165, 1.54) is 25.3 Å². The first-order valence-corrected chi connectivity index (χ1v) is 19.2. The van der Waals surface area contributed by atoms with Crippen LogP contribution in [0, 0.1) is 3.57 Å². The molecule has 0 spiro atoms. The van der Waals surface area contributed by atoms with Gasteiger partial charge in [-0.2, -0.15) is 0 Å². The van der Waals surface area contributed by atoms with Gasteiger partial charge >= 0.3 is 7.12 Å². The summed E-state index contributed by atoms with van der Waals surface area (Å²) in [6.45, 7) is 0. The maximum atomic E-state index is 9.23. The van der Waals surface area contributed by atoms with E-state index in [0.717, 1.165) is 58.2 Å². The molecule has 4 nitrogen and oxygen atoms in total. The summed E-state index contributed by atoms with van der Waals surface area (Å²) in [5, 5.41) is 27.5. The number of benzene rings is 8. The number of hydrogen-bond donors (Lipinski definition) is 2. The second-order valence-corrected chi connectivity index (χ2v) is 15.5. The van der Waals surface area contributed by atoms with Gasteiger partial charge in [-0.05, 0) is 134 Å². The van der Waals surface area contributed by atoms with E-state index in [4.69, 9.17) is 8.83 Å². The molecule has 0 saturated heterocycles. The van der Waals surface area contributed by atoms with E-state index in [-0.39, 0.29) is 7.43 Å². The molecule has 260 valence electrons. The molecule has 0 aliphatic carbocycles. The molecule has 0 bridgehead atoms. The van der Waals surface area contributed by atoms with Crippen LogP contribution in [0.4, 0.5) is 0 Å². The van der Waals surface area contributed by atoms with Crippen LogP contribution in [0.3, 0.4) is 0 Å². The SMILES string of the molecule is Brc1cccc(-c2ccc3c(c2)oc2cc4ccccc4cc23)c1.Brc1cccc(I)c1.C.OB(O)c1ccc2c(c1)oc1cc3ccccc3cc12. The lowest BCUT2D eigenvalue weighted by molar-refractivity contribution is 0.425. The van der Waals surface area contributed by atoms with E-state index in [2.05, 4.69) is 152 Å². The Morgan fingerprint density at radius 2 is 0.906 bits per heavy atom. The fourth-order valence-electron chi connectivity index (χ4n) is 6.41. The van der Waals surface area contributed by atoms with Crippen molar-refractivity contribution in [3.63, 3.8) is 0 Å². The van der Waals surface area contributed by atoms with Crippen LogP contribution < -0.4 is 5.46 Å². The second kappa shape index (κ2) is 15.9. The van der Waals surface area contributed by atoms with E-state index in [1.54, 1.807) is 12.1 Å². The quantitative estimate of drug-likeness (QED) is 0.134. The van der Waals surface area contributed by atoms with Gasteiger partial charge in [-0.15, -0.1) is 0 Å². The van der Waals surface area contributed by atoms with Crippen LogP contribution in [0.15, 0.2) is 176 Å². The van der Waals surface area contributed by atoms with Gasteiger partial charge in [0.2, 0.25) is 0 Å². The second-order valence-electron chi connectivity index (χ2n) is 12.4. The van der Waals surface area contributed by atoms with Gasteiger partial charge in [-0.25, -0.2) is 0 Å². The van der Waals surface area contributed by atoms with Crippen molar-refractivity contribution in [2.75, 3.05) is 0 Å². The minimum absolute atomic E-state index is 0. The largest absolute Gasteiger partial charge is 0.488 e. The molecule has 0 fully saturated rings. The van der Waals surface area contributed by atoms with Crippen molar-refractivity contribution in [1.29, 1.82) is 0 Å². The van der Waals surface area contributed by atoms with E-state index in [1.807, 2.05) is 48.5 Å². The van der Waals surface area contributed by atoms with Crippen LogP contribution in [-0.4, -0.2) is 17.2 Å². The van der Waals surface area contributed by atoms with Gasteiger partial charge in [0.1, 0.15) is 22.3 Å². The molecule has 0 radical (unpaired) electrons. The third-order valence-corrected chi connectivity index (χ3v) is 10.6. The smallest absolute Gasteiger partial charge is 0.456 e. The molecular formula is C45H32BBr2IO4. The van der Waals surface area contributed by atoms with Crippen molar-refractivity contribution in [3.05, 3.63) is 170 Å². The van der Waals surface area contributed by atoms with Crippen molar-refractivity contribution in [2.45, 2.75) is 7.43 Å². The summed E-state index contributed by atoms with van der Waals surface area (Å²) >= 11 is 9.17. The van der Waals surface area contributed by atoms with Gasteiger partial charge in [-0.1, -0.05) is 124 Å². The first-order valence-electron chi connectivity index (χ1n) is 16.5. The molecule has 0 saturated carbocycles. The fourth-order valence-corrected chi connectivity index (χ4v) is 8.18. The molecular weight excluding hydrogens is 902 g/mol. The standard InChI is InChI=1S/C22H13BrO.C16H11BO3.C6H4BrI.CH4/c23-18-7-3-6-14(10-18)17-8-9-19-20-11-15-4-1-2-5-16(15)12-22(20)24-21(19)13-17;18-17(19)12-5-6-13-14-7-10-3-1-2-4-11(10)8-15(14)20-16(13)9-12;7-5-2-1-3-6(8)4-5;/h1-13H;1-9,18-19H;1-4H;1H4. The van der Waals surface area contributed by atoms with E-state index in [0.29, 0.717) is 11.0 Å². The minimum Gasteiger partial charge on any atom is -0.456 e. The Bertz CT molecular complexity index is 2880. The van der Waals surface area contributed by atoms with Gasteiger partial charge in [0, 0.05) is 34.1 Å². The lowest BCUT2D eigenvalue weighted by Gasteiger charge is -2.02. The van der Waals surface area contributed by atoms with Crippen molar-refractivity contribution in [3.8, 4) is 11.1 Å². The Kier molecular flexibility index (Phi) is 11.1. The summed E-state index contributed by atoms with van der Waals surface area (Å²) in [6.07, 6.45) is 0. The number of furan rings is 2. The van der Waals surface area contributed by atoms with Gasteiger partial charge in [0.05, 0.1) is 0 Å². The zero-order chi connectivity index (χ0) is 35.8. The first-order chi connectivity index (χ1) is 25.3. The highest BCUT2D eigenvalue weighted by atomic mass is 127. The van der Waals surface area contributed by atoms with Crippen molar-refractivity contribution >= 4 is 132 Å². The third kappa shape index (κ3) is 7.93. The molecule has 53 heavy (non-hydrogen) atoms. The molecule has 10 rings (SSSR count). The molecule has 0 unspecified atom stereocenters. The predicted molar refractivity (Wildman–Crippen MR) is 239 cm³/mol. The number of halogens is 3. The van der Waals surface area contributed by atoms with Crippen molar-refractivity contribution in [1.82, 2.24) is 0 Å². The topological polar surface area (TPSA) is 66.7 Å². The Hall–Kier alpha value is -4.45. The molecule has 0 amide bonds. The Morgan fingerprint density at radius 3 is 1.42 bits per heavy atom. The zero-order valence-electron chi connectivity index (χ0n) is 27.4. The number of rotatable bonds is 2. The normalized spacial score (nSPS) is 11.0. The molecule has 0 atom stereocenters. The Balaban J connectivity index is 0.000000136. The lowest BCUT2D eigenvalue weighted by atomic mass is 9.80. The average Bonchev–Trinajstić information content (AvgIpc) is 3.69. The minimum atomic E-state index is -1.48. The predicted octanol–water partition coefficient (Wildman–Crippen LogP) is 13.3. The molecule has 2 heterocycles. The molecule has 0 aliphatic rings. The van der Waals surface area contributed by atoms with Crippen LogP contribution in [0.1, 0.15) is 7.43 Å². The molecule has 0 aliphatic heterocycles. The third-order valence-electron chi connectivity index (χ3n) is 8.95. The maximum absolute atomic E-state index is 9.23. The van der Waals surface area contributed by atoms with Crippen molar-refractivity contribution < 1.29 is 18.9 Å². The Labute approximate surface area is 337 Å². The van der Waals surface area contributed by atoms with Crippen molar-refractivity contribution in [2.24, 2.45) is 0 Å². The monoisotopic (exact) mass is 932 g/mol. The molecule has 8 aromatic carbocycles. The van der Waals surface area contributed by atoms with E-state index in [9.17, 15) is 10.0 Å². The summed E-state index contributed by atoms with van der Waals surface area (Å²) in [4.78, 5) is 0. The van der Waals surface area contributed by atoms with Crippen LogP contribution >= 0.6 is 54.5 Å². The van der Waals surface area contributed by atoms with Crippen LogP contribution in [-0.2, 0) is 0 Å². The summed E-state index contributed by atoms with van der Waals surface area (Å²) in [7, 11) is -1.48. The molecule has 2 N–H and O–H groups in total. The highest BCUT2D eigenvalue weighted by molar-refractivity contribution is 14.1. The van der Waals surface area contributed by atoms with Gasteiger partial charge < -0.3 is 18.9 Å². The first kappa shape index (κ1) is 36.9. The fraction of sp³-hybridized carbons (Fsp3) is 0.0222. The Morgan fingerprint density at radius 1 is 0.434 bits per heavy atom. The number of hydrogen-bond acceptors (Lipinski definition) is 4. The zero-order valence-corrected chi connectivity index (χ0v) is 32.8. The molecule has 2 aromatic heterocycles. The maximum Gasteiger partial charge on any atom is 0.488 e. The van der Waals surface area contributed by atoms with Crippen LogP contribution in [0.5, 0.6) is 0 Å². The lowest BCUT2D eigenvalue weighted by Crippen LogP contribution is -2.29. The van der Waals surface area contributed by atoms with E-state index >= 15 is 0 Å². The molecule has 10 aromatic rings. The van der Waals surface area contributed by atoms with Gasteiger partial charge in [-0.3, -0.25) is 0 Å². The summed E-state index contributed by atoms with van der Waals surface area (Å²) < 4.78 is 15.5. The highest BCUT2D eigenvalue weighted by Gasteiger charge is 2.15. The summed E-state index contributed by atoms with van der Waals surface area (Å²) in [6, 6.07) is 53.2. The average molecular weight is 934 g/mol. The summed E-state index contributed by atoms with van der Waals surface area (Å²) in [5.41, 5.74) is 6.11. The highest BCUT2D eigenvalue weighted by Crippen LogP contribution is 2.35. The van der Waals surface area contributed by atoms with Crippen LogP contribution in [0.2, 0.25) is 0 Å². The van der Waals surface area contributed by atoms with Gasteiger partial charge in [0.15, 0.2) is 0 Å². The van der Waals surface area contributed by atoms with Gasteiger partial charge in [0.25, 0.3) is 0 Å². The van der Waals surface area contributed by atoms with E-state index < -0.39 is 7.12 Å². The summed E-state index contributed by atoms with van der Waals surface area (Å²) in [5.74, 6) is 0.